The summed E-state index contributed by atoms with van der Waals surface area (Å²) in [5.41, 5.74) is -0.0559. The largest absolute Gasteiger partial charge is 0.481 e. The fourth-order valence-corrected chi connectivity index (χ4v) is 4.63. The molecule has 0 aromatic carbocycles. The highest BCUT2D eigenvalue weighted by atomic mass is 32.2. The van der Waals surface area contributed by atoms with E-state index < -0.39 is 5.97 Å². The van der Waals surface area contributed by atoms with Gasteiger partial charge in [0, 0.05) is 17.3 Å². The van der Waals surface area contributed by atoms with Gasteiger partial charge in [0.2, 0.25) is 0 Å². The van der Waals surface area contributed by atoms with Crippen LogP contribution in [0.1, 0.15) is 44.9 Å². The number of thioether (sulfide) groups is 1. The van der Waals surface area contributed by atoms with Gasteiger partial charge in [-0.05, 0) is 32.1 Å². The van der Waals surface area contributed by atoms with Gasteiger partial charge < -0.3 is 5.11 Å². The molecule has 1 unspecified atom stereocenters. The molecule has 1 aliphatic carbocycles. The summed E-state index contributed by atoms with van der Waals surface area (Å²) in [4.78, 5) is 13.6. The highest BCUT2D eigenvalue weighted by Gasteiger charge is 2.41. The third-order valence-electron chi connectivity index (χ3n) is 4.47. The van der Waals surface area contributed by atoms with Gasteiger partial charge in [-0.15, -0.1) is 0 Å². The molecule has 0 aromatic rings. The van der Waals surface area contributed by atoms with Crippen LogP contribution in [0.4, 0.5) is 0 Å². The van der Waals surface area contributed by atoms with Gasteiger partial charge in [0.05, 0.1) is 6.42 Å². The molecule has 2 aliphatic rings. The summed E-state index contributed by atoms with van der Waals surface area (Å²) in [6.07, 6.45) is 7.34. The van der Waals surface area contributed by atoms with E-state index in [0.29, 0.717) is 12.5 Å². The summed E-state index contributed by atoms with van der Waals surface area (Å²) in [6.45, 7) is 0. The molecule has 1 saturated heterocycles. The van der Waals surface area contributed by atoms with Crippen molar-refractivity contribution in [1.29, 1.82) is 0 Å². The quantitative estimate of drug-likeness (QED) is 0.840. The molecule has 1 aliphatic heterocycles. The van der Waals surface area contributed by atoms with Crippen LogP contribution < -0.4 is 0 Å². The highest BCUT2D eigenvalue weighted by molar-refractivity contribution is 7.99. The SMILES string of the molecule is CN(C1CCSC1)C1(CC(=O)O)CCCCC1. The number of carboxylic acids is 1. The molecular weight excluding hydrogens is 234 g/mol. The molecule has 2 fully saturated rings. The highest BCUT2D eigenvalue weighted by Crippen LogP contribution is 2.39. The lowest BCUT2D eigenvalue weighted by molar-refractivity contribution is -0.141. The van der Waals surface area contributed by atoms with E-state index in [1.165, 1.54) is 37.2 Å². The Hall–Kier alpha value is -0.220. The van der Waals surface area contributed by atoms with E-state index in [1.807, 2.05) is 11.8 Å². The second kappa shape index (κ2) is 5.61. The van der Waals surface area contributed by atoms with Gasteiger partial charge in [0.25, 0.3) is 0 Å². The van der Waals surface area contributed by atoms with Crippen molar-refractivity contribution in [3.8, 4) is 0 Å². The van der Waals surface area contributed by atoms with E-state index in [-0.39, 0.29) is 5.54 Å². The Morgan fingerprint density at radius 3 is 2.65 bits per heavy atom. The summed E-state index contributed by atoms with van der Waals surface area (Å²) in [5.74, 6) is 1.78. The van der Waals surface area contributed by atoms with Gasteiger partial charge >= 0.3 is 5.97 Å². The first-order valence-corrected chi connectivity index (χ1v) is 7.82. The molecular formula is C13H23NO2S. The third-order valence-corrected chi connectivity index (χ3v) is 5.61. The van der Waals surface area contributed by atoms with Crippen LogP contribution in [-0.2, 0) is 4.79 Å². The molecule has 0 amide bonds. The standard InChI is InChI=1S/C13H23NO2S/c1-14(11-5-8-17-10-11)13(9-12(15)16)6-3-2-4-7-13/h11H,2-10H2,1H3,(H,15,16). The molecule has 0 bridgehead atoms. The fourth-order valence-electron chi connectivity index (χ4n) is 3.36. The number of carbonyl (C=O) groups is 1. The number of hydrogen-bond donors (Lipinski definition) is 1. The lowest BCUT2D eigenvalue weighted by Crippen LogP contribution is -2.53. The molecule has 98 valence electrons. The van der Waals surface area contributed by atoms with Gasteiger partial charge in [-0.25, -0.2) is 0 Å². The Bertz CT molecular complexity index is 271. The predicted molar refractivity (Wildman–Crippen MR) is 71.6 cm³/mol. The minimum absolute atomic E-state index is 0.0559. The summed E-state index contributed by atoms with van der Waals surface area (Å²) in [7, 11) is 2.16. The second-order valence-electron chi connectivity index (χ2n) is 5.48. The van der Waals surface area contributed by atoms with Crippen molar-refractivity contribution in [1.82, 2.24) is 4.90 Å². The van der Waals surface area contributed by atoms with Crippen molar-refractivity contribution in [2.75, 3.05) is 18.6 Å². The Kier molecular flexibility index (Phi) is 4.36. The maximum absolute atomic E-state index is 11.2. The van der Waals surface area contributed by atoms with Crippen molar-refractivity contribution in [2.24, 2.45) is 0 Å². The summed E-state index contributed by atoms with van der Waals surface area (Å²) < 4.78 is 0. The third kappa shape index (κ3) is 2.97. The van der Waals surface area contributed by atoms with E-state index in [1.54, 1.807) is 0 Å². The van der Waals surface area contributed by atoms with Crippen LogP contribution in [0.15, 0.2) is 0 Å². The molecule has 4 heteroatoms. The van der Waals surface area contributed by atoms with Gasteiger partial charge in [-0.2, -0.15) is 11.8 Å². The Balaban J connectivity index is 2.09. The van der Waals surface area contributed by atoms with E-state index in [0.717, 1.165) is 12.8 Å². The van der Waals surface area contributed by atoms with E-state index in [4.69, 9.17) is 0 Å². The molecule has 1 saturated carbocycles. The van der Waals surface area contributed by atoms with Crippen molar-refractivity contribution in [3.05, 3.63) is 0 Å². The van der Waals surface area contributed by atoms with E-state index in [9.17, 15) is 9.90 Å². The molecule has 0 aromatic heterocycles. The minimum Gasteiger partial charge on any atom is -0.481 e. The van der Waals surface area contributed by atoms with Crippen LogP contribution in [0.25, 0.3) is 0 Å². The molecule has 3 nitrogen and oxygen atoms in total. The first kappa shape index (κ1) is 13.2. The molecule has 17 heavy (non-hydrogen) atoms. The lowest BCUT2D eigenvalue weighted by atomic mass is 9.77. The Morgan fingerprint density at radius 1 is 1.41 bits per heavy atom. The van der Waals surface area contributed by atoms with Gasteiger partial charge in [0.1, 0.15) is 0 Å². The topological polar surface area (TPSA) is 40.5 Å². The van der Waals surface area contributed by atoms with E-state index in [2.05, 4.69) is 11.9 Å². The van der Waals surface area contributed by atoms with Crippen LogP contribution in [-0.4, -0.2) is 46.1 Å². The first-order chi connectivity index (χ1) is 8.14. The normalized spacial score (nSPS) is 28.5. The van der Waals surface area contributed by atoms with Crippen LogP contribution in [0, 0.1) is 0 Å². The zero-order chi connectivity index (χ0) is 12.3. The van der Waals surface area contributed by atoms with Crippen molar-refractivity contribution >= 4 is 17.7 Å². The summed E-state index contributed by atoms with van der Waals surface area (Å²) in [5, 5.41) is 9.19. The van der Waals surface area contributed by atoms with Crippen LogP contribution in [0.5, 0.6) is 0 Å². The zero-order valence-corrected chi connectivity index (χ0v) is 11.5. The number of aliphatic carboxylic acids is 1. The monoisotopic (exact) mass is 257 g/mol. The average Bonchev–Trinajstić information content (AvgIpc) is 2.81. The van der Waals surface area contributed by atoms with Crippen LogP contribution >= 0.6 is 11.8 Å². The molecule has 1 N–H and O–H groups in total. The number of carboxylic acid groups (broad SMARTS) is 1. The van der Waals surface area contributed by atoms with Crippen molar-refractivity contribution in [3.63, 3.8) is 0 Å². The predicted octanol–water partition coefficient (Wildman–Crippen LogP) is 2.60. The number of nitrogens with zero attached hydrogens (tertiary/aromatic N) is 1. The van der Waals surface area contributed by atoms with Gasteiger partial charge in [-0.3, -0.25) is 9.69 Å². The maximum atomic E-state index is 11.2. The van der Waals surface area contributed by atoms with Gasteiger partial charge in [0.15, 0.2) is 0 Å². The summed E-state index contributed by atoms with van der Waals surface area (Å²) in [6, 6.07) is 0.595. The summed E-state index contributed by atoms with van der Waals surface area (Å²) >= 11 is 2.00. The average molecular weight is 257 g/mol. The minimum atomic E-state index is -0.635. The molecule has 2 rings (SSSR count). The van der Waals surface area contributed by atoms with Crippen molar-refractivity contribution < 1.29 is 9.90 Å². The molecule has 1 heterocycles. The van der Waals surface area contributed by atoms with Crippen molar-refractivity contribution in [2.45, 2.75) is 56.5 Å². The maximum Gasteiger partial charge on any atom is 0.305 e. The molecule has 0 spiro atoms. The zero-order valence-electron chi connectivity index (χ0n) is 10.7. The van der Waals surface area contributed by atoms with E-state index >= 15 is 0 Å². The number of rotatable bonds is 4. The lowest BCUT2D eigenvalue weighted by Gasteiger charge is -2.46. The second-order valence-corrected chi connectivity index (χ2v) is 6.63. The first-order valence-electron chi connectivity index (χ1n) is 6.66. The van der Waals surface area contributed by atoms with Crippen LogP contribution in [0.2, 0.25) is 0 Å². The number of hydrogen-bond acceptors (Lipinski definition) is 3. The van der Waals surface area contributed by atoms with Gasteiger partial charge in [-0.1, -0.05) is 19.3 Å². The smallest absolute Gasteiger partial charge is 0.305 e. The van der Waals surface area contributed by atoms with Crippen LogP contribution in [0.3, 0.4) is 0 Å². The molecule has 0 radical (unpaired) electrons. The fraction of sp³-hybridized carbons (Fsp3) is 0.923. The molecule has 1 atom stereocenters. The Morgan fingerprint density at radius 2 is 2.12 bits per heavy atom. The Labute approximate surface area is 108 Å².